The van der Waals surface area contributed by atoms with Gasteiger partial charge in [0.05, 0.1) is 0 Å². The van der Waals surface area contributed by atoms with E-state index in [0.717, 1.165) is 42.7 Å². The van der Waals surface area contributed by atoms with Crippen molar-refractivity contribution in [2.45, 2.75) is 52.1 Å². The summed E-state index contributed by atoms with van der Waals surface area (Å²) in [5.74, 6) is 1.17. The fourth-order valence-corrected chi connectivity index (χ4v) is 3.33. The van der Waals surface area contributed by atoms with E-state index in [1.165, 1.54) is 6.07 Å². The Morgan fingerprint density at radius 3 is 2.88 bits per heavy atom. The molecule has 1 amide bonds. The Morgan fingerprint density at radius 2 is 2.20 bits per heavy atom. The number of carbonyl (C=O) groups excluding carboxylic acids is 1. The van der Waals surface area contributed by atoms with E-state index in [9.17, 15) is 9.59 Å². The number of piperidine rings is 1. The number of rotatable bonds is 4. The SMILES string of the molecule is CCC1CCCCN1C(=O)Cn1nc(-c2ccc(C)o2)cc(N)c1=O. The predicted octanol–water partition coefficient (Wildman–Crippen LogP) is 2.19. The number of carbonyl (C=O) groups is 1. The highest BCUT2D eigenvalue weighted by molar-refractivity contribution is 5.76. The lowest BCUT2D eigenvalue weighted by Gasteiger charge is -2.35. The number of nitrogen functional groups attached to an aromatic ring is 1. The van der Waals surface area contributed by atoms with E-state index in [-0.39, 0.29) is 24.2 Å². The lowest BCUT2D eigenvalue weighted by atomic mass is 10.00. The Kier molecular flexibility index (Phi) is 4.92. The van der Waals surface area contributed by atoms with Crippen molar-refractivity contribution >= 4 is 11.6 Å². The standard InChI is InChI=1S/C18H24N4O3/c1-3-13-6-4-5-9-21(13)17(23)11-22-18(24)14(19)10-15(20-22)16-8-7-12(2)25-16/h7-8,10,13H,3-6,9,11,19H2,1-2H3. The number of likely N-dealkylation sites (tertiary alicyclic amines) is 1. The molecule has 2 aromatic heterocycles. The van der Waals surface area contributed by atoms with E-state index in [1.54, 1.807) is 6.07 Å². The Balaban J connectivity index is 1.87. The molecule has 1 aliphatic rings. The third kappa shape index (κ3) is 3.60. The molecule has 134 valence electrons. The van der Waals surface area contributed by atoms with Crippen molar-refractivity contribution in [1.82, 2.24) is 14.7 Å². The van der Waals surface area contributed by atoms with Crippen molar-refractivity contribution in [1.29, 1.82) is 0 Å². The summed E-state index contributed by atoms with van der Waals surface area (Å²) in [4.78, 5) is 26.9. The summed E-state index contributed by atoms with van der Waals surface area (Å²) in [5, 5.41) is 4.29. The van der Waals surface area contributed by atoms with Crippen molar-refractivity contribution in [3.63, 3.8) is 0 Å². The molecule has 1 fully saturated rings. The van der Waals surface area contributed by atoms with Gasteiger partial charge in [-0.15, -0.1) is 0 Å². The van der Waals surface area contributed by atoms with Gasteiger partial charge in [-0.1, -0.05) is 6.92 Å². The molecule has 1 aliphatic heterocycles. The molecule has 1 atom stereocenters. The van der Waals surface area contributed by atoms with E-state index in [2.05, 4.69) is 12.0 Å². The van der Waals surface area contributed by atoms with Crippen LogP contribution in [0.2, 0.25) is 0 Å². The molecule has 3 rings (SSSR count). The molecule has 0 bridgehead atoms. The Hall–Kier alpha value is -2.57. The fourth-order valence-electron chi connectivity index (χ4n) is 3.33. The van der Waals surface area contributed by atoms with Crippen LogP contribution in [0.25, 0.3) is 11.5 Å². The van der Waals surface area contributed by atoms with Crippen molar-refractivity contribution in [3.05, 3.63) is 34.3 Å². The van der Waals surface area contributed by atoms with Gasteiger partial charge in [-0.05, 0) is 50.8 Å². The van der Waals surface area contributed by atoms with Gasteiger partial charge in [0.15, 0.2) is 5.76 Å². The van der Waals surface area contributed by atoms with Crippen LogP contribution in [0, 0.1) is 6.92 Å². The van der Waals surface area contributed by atoms with E-state index < -0.39 is 5.56 Å². The summed E-state index contributed by atoms with van der Waals surface area (Å²) in [6.07, 6.45) is 4.07. The number of hydrogen-bond donors (Lipinski definition) is 1. The minimum absolute atomic E-state index is 0.0533. The third-order valence-electron chi connectivity index (χ3n) is 4.70. The van der Waals surface area contributed by atoms with Gasteiger partial charge in [0, 0.05) is 12.6 Å². The van der Waals surface area contributed by atoms with Crippen LogP contribution in [-0.4, -0.2) is 33.2 Å². The van der Waals surface area contributed by atoms with Crippen molar-refractivity contribution in [2.75, 3.05) is 12.3 Å². The smallest absolute Gasteiger partial charge is 0.290 e. The van der Waals surface area contributed by atoms with Crippen molar-refractivity contribution in [3.8, 4) is 11.5 Å². The summed E-state index contributed by atoms with van der Waals surface area (Å²) in [6, 6.07) is 5.31. The summed E-state index contributed by atoms with van der Waals surface area (Å²) >= 11 is 0. The lowest BCUT2D eigenvalue weighted by Crippen LogP contribution is -2.46. The van der Waals surface area contributed by atoms with Crippen LogP contribution in [0.4, 0.5) is 5.69 Å². The van der Waals surface area contributed by atoms with E-state index in [4.69, 9.17) is 10.2 Å². The van der Waals surface area contributed by atoms with E-state index >= 15 is 0 Å². The van der Waals surface area contributed by atoms with Crippen molar-refractivity contribution < 1.29 is 9.21 Å². The van der Waals surface area contributed by atoms with Crippen LogP contribution in [-0.2, 0) is 11.3 Å². The van der Waals surface area contributed by atoms with Crippen LogP contribution >= 0.6 is 0 Å². The van der Waals surface area contributed by atoms with Crippen LogP contribution in [0.15, 0.2) is 27.4 Å². The Labute approximate surface area is 146 Å². The van der Waals surface area contributed by atoms with Crippen LogP contribution < -0.4 is 11.3 Å². The van der Waals surface area contributed by atoms with Crippen LogP contribution in [0.3, 0.4) is 0 Å². The van der Waals surface area contributed by atoms with Gasteiger partial charge in [-0.3, -0.25) is 9.59 Å². The minimum atomic E-state index is -0.453. The molecule has 2 N–H and O–H groups in total. The second kappa shape index (κ2) is 7.13. The monoisotopic (exact) mass is 344 g/mol. The predicted molar refractivity (Wildman–Crippen MR) is 95.0 cm³/mol. The number of amides is 1. The molecular weight excluding hydrogens is 320 g/mol. The third-order valence-corrected chi connectivity index (χ3v) is 4.70. The first kappa shape index (κ1) is 17.3. The topological polar surface area (TPSA) is 94.4 Å². The highest BCUT2D eigenvalue weighted by atomic mass is 16.3. The second-order valence-corrected chi connectivity index (χ2v) is 6.50. The molecular formula is C18H24N4O3. The maximum atomic E-state index is 12.7. The summed E-state index contributed by atoms with van der Waals surface area (Å²) < 4.78 is 6.69. The van der Waals surface area contributed by atoms with Crippen molar-refractivity contribution in [2.24, 2.45) is 0 Å². The van der Waals surface area contributed by atoms with E-state index in [0.29, 0.717) is 11.5 Å². The number of hydrogen-bond acceptors (Lipinski definition) is 5. The Bertz CT molecular complexity index is 824. The number of furan rings is 1. The maximum absolute atomic E-state index is 12.7. The first-order valence-electron chi connectivity index (χ1n) is 8.73. The average molecular weight is 344 g/mol. The Morgan fingerprint density at radius 1 is 1.40 bits per heavy atom. The maximum Gasteiger partial charge on any atom is 0.290 e. The molecule has 1 saturated heterocycles. The van der Waals surface area contributed by atoms with Gasteiger partial charge in [-0.25, -0.2) is 4.68 Å². The zero-order chi connectivity index (χ0) is 18.0. The first-order valence-corrected chi connectivity index (χ1v) is 8.73. The van der Waals surface area contributed by atoms with Gasteiger partial charge >= 0.3 is 0 Å². The molecule has 0 aromatic carbocycles. The number of anilines is 1. The van der Waals surface area contributed by atoms with Gasteiger partial charge in [-0.2, -0.15) is 5.10 Å². The second-order valence-electron chi connectivity index (χ2n) is 6.50. The minimum Gasteiger partial charge on any atom is -0.460 e. The summed E-state index contributed by atoms with van der Waals surface area (Å²) in [6.45, 7) is 4.54. The summed E-state index contributed by atoms with van der Waals surface area (Å²) in [7, 11) is 0. The largest absolute Gasteiger partial charge is 0.460 e. The zero-order valence-corrected chi connectivity index (χ0v) is 14.7. The van der Waals surface area contributed by atoms with Gasteiger partial charge in [0.1, 0.15) is 23.7 Å². The molecule has 7 heteroatoms. The van der Waals surface area contributed by atoms with Gasteiger partial charge in [0.2, 0.25) is 5.91 Å². The quantitative estimate of drug-likeness (QED) is 0.917. The lowest BCUT2D eigenvalue weighted by molar-refractivity contribution is -0.135. The van der Waals surface area contributed by atoms with Crippen LogP contribution in [0.1, 0.15) is 38.4 Å². The van der Waals surface area contributed by atoms with Gasteiger partial charge in [0.25, 0.3) is 5.56 Å². The van der Waals surface area contributed by atoms with E-state index in [1.807, 2.05) is 17.9 Å². The zero-order valence-electron chi connectivity index (χ0n) is 14.7. The number of nitrogens with two attached hydrogens (primary N) is 1. The van der Waals surface area contributed by atoms with Gasteiger partial charge < -0.3 is 15.1 Å². The molecule has 7 nitrogen and oxygen atoms in total. The first-order chi connectivity index (χ1) is 12.0. The fraction of sp³-hybridized carbons (Fsp3) is 0.500. The molecule has 3 heterocycles. The molecule has 2 aromatic rings. The number of nitrogens with zero attached hydrogens (tertiary/aromatic N) is 3. The molecule has 25 heavy (non-hydrogen) atoms. The summed E-state index contributed by atoms with van der Waals surface area (Å²) in [5.41, 5.74) is 5.88. The average Bonchev–Trinajstić information content (AvgIpc) is 3.05. The highest BCUT2D eigenvalue weighted by Gasteiger charge is 2.26. The molecule has 1 unspecified atom stereocenters. The normalized spacial score (nSPS) is 17.7. The molecule has 0 spiro atoms. The number of aryl methyl sites for hydroxylation is 1. The van der Waals surface area contributed by atoms with Crippen LogP contribution in [0.5, 0.6) is 0 Å². The molecule has 0 radical (unpaired) electrons. The molecule has 0 aliphatic carbocycles. The number of aromatic nitrogens is 2. The highest BCUT2D eigenvalue weighted by Crippen LogP contribution is 2.21. The molecule has 0 saturated carbocycles.